The Labute approximate surface area is 141 Å². The fourth-order valence-corrected chi connectivity index (χ4v) is 4.74. The predicted octanol–water partition coefficient (Wildman–Crippen LogP) is 2.18. The van der Waals surface area contributed by atoms with Crippen LogP contribution in [0.1, 0.15) is 23.9 Å². The highest BCUT2D eigenvalue weighted by Crippen LogP contribution is 2.18. The van der Waals surface area contributed by atoms with Gasteiger partial charge in [0.2, 0.25) is 5.91 Å². The first-order chi connectivity index (χ1) is 10.5. The quantitative estimate of drug-likeness (QED) is 0.820. The Bertz CT molecular complexity index is 510. The maximum Gasteiger partial charge on any atom is 0.236 e. The monoisotopic (exact) mass is 342 g/mol. The summed E-state index contributed by atoms with van der Waals surface area (Å²) in [5, 5.41) is 4.53. The van der Waals surface area contributed by atoms with Crippen molar-refractivity contribution in [2.45, 2.75) is 33.9 Å². The maximum atomic E-state index is 12.5. The van der Waals surface area contributed by atoms with Crippen LogP contribution in [0, 0.1) is 13.8 Å². The molecule has 124 valence electrons. The summed E-state index contributed by atoms with van der Waals surface area (Å²) in [6.45, 7) is 8.22. The minimum atomic E-state index is 0.186. The first-order valence-corrected chi connectivity index (χ1v) is 9.98. The number of rotatable bonds is 5. The van der Waals surface area contributed by atoms with E-state index in [2.05, 4.69) is 23.8 Å². The summed E-state index contributed by atoms with van der Waals surface area (Å²) < 4.78 is 2.01. The van der Waals surface area contributed by atoms with Gasteiger partial charge in [-0.2, -0.15) is 5.10 Å². The van der Waals surface area contributed by atoms with Crippen molar-refractivity contribution in [3.8, 4) is 0 Å². The van der Waals surface area contributed by atoms with Crippen LogP contribution in [-0.4, -0.2) is 62.3 Å². The first kappa shape index (κ1) is 17.7. The van der Waals surface area contributed by atoms with Crippen LogP contribution in [0.15, 0.2) is 0 Å². The van der Waals surface area contributed by atoms with Crippen LogP contribution in [-0.2, 0) is 17.9 Å². The lowest BCUT2D eigenvalue weighted by molar-refractivity contribution is -0.131. The molecule has 0 aliphatic carbocycles. The molecule has 7 heteroatoms. The van der Waals surface area contributed by atoms with E-state index in [0.717, 1.165) is 24.0 Å². The van der Waals surface area contributed by atoms with Crippen molar-refractivity contribution >= 4 is 29.4 Å². The molecule has 1 aliphatic rings. The molecule has 1 amide bonds. The van der Waals surface area contributed by atoms with E-state index in [0.29, 0.717) is 13.1 Å². The summed E-state index contributed by atoms with van der Waals surface area (Å²) >= 11 is 3.83. The van der Waals surface area contributed by atoms with Crippen molar-refractivity contribution in [1.82, 2.24) is 19.6 Å². The summed E-state index contributed by atoms with van der Waals surface area (Å²) in [4.78, 5) is 16.5. The zero-order valence-electron chi connectivity index (χ0n) is 14.0. The van der Waals surface area contributed by atoms with Gasteiger partial charge in [0, 0.05) is 54.7 Å². The molecule has 0 bridgehead atoms. The normalized spacial score (nSPS) is 16.5. The fourth-order valence-electron chi connectivity index (χ4n) is 2.54. The van der Waals surface area contributed by atoms with Crippen molar-refractivity contribution in [3.05, 3.63) is 17.0 Å². The molecule has 0 aromatic carbocycles. The SMILES string of the molecule is CCn1nc(C)c(CN(C)C(=O)CN2CSCCSC2)c1C. The van der Waals surface area contributed by atoms with Crippen LogP contribution in [0.3, 0.4) is 0 Å². The molecule has 5 nitrogen and oxygen atoms in total. The van der Waals surface area contributed by atoms with E-state index in [1.807, 2.05) is 47.1 Å². The smallest absolute Gasteiger partial charge is 0.236 e. The Kier molecular flexibility index (Phi) is 6.65. The summed E-state index contributed by atoms with van der Waals surface area (Å²) in [6, 6.07) is 0. The van der Waals surface area contributed by atoms with E-state index >= 15 is 0 Å². The number of amides is 1. The zero-order chi connectivity index (χ0) is 16.1. The molecule has 1 fully saturated rings. The molecule has 1 aliphatic heterocycles. The lowest BCUT2D eigenvalue weighted by atomic mass is 10.2. The molecule has 0 spiro atoms. The van der Waals surface area contributed by atoms with E-state index in [1.54, 1.807) is 0 Å². The van der Waals surface area contributed by atoms with Crippen LogP contribution in [0.4, 0.5) is 0 Å². The molecule has 2 heterocycles. The summed E-state index contributed by atoms with van der Waals surface area (Å²) in [5.74, 6) is 4.46. The lowest BCUT2D eigenvalue weighted by Gasteiger charge is -2.23. The van der Waals surface area contributed by atoms with Crippen LogP contribution in [0.5, 0.6) is 0 Å². The Morgan fingerprint density at radius 2 is 1.91 bits per heavy atom. The molecule has 22 heavy (non-hydrogen) atoms. The van der Waals surface area contributed by atoms with Gasteiger partial charge in [-0.15, -0.1) is 23.5 Å². The second-order valence-corrected chi connectivity index (χ2v) is 7.77. The molecule has 0 saturated carbocycles. The highest BCUT2D eigenvalue weighted by atomic mass is 32.2. The van der Waals surface area contributed by atoms with Crippen LogP contribution >= 0.6 is 23.5 Å². The van der Waals surface area contributed by atoms with Gasteiger partial charge >= 0.3 is 0 Å². The molecule has 1 aromatic rings. The number of likely N-dealkylation sites (N-methyl/N-ethyl adjacent to an activating group) is 1. The van der Waals surface area contributed by atoms with Gasteiger partial charge in [0.1, 0.15) is 0 Å². The molecule has 2 rings (SSSR count). The van der Waals surface area contributed by atoms with Crippen molar-refractivity contribution < 1.29 is 4.79 Å². The fraction of sp³-hybridized carbons (Fsp3) is 0.733. The number of thioether (sulfide) groups is 2. The third-order valence-corrected chi connectivity index (χ3v) is 6.27. The third-order valence-electron chi connectivity index (χ3n) is 3.93. The minimum absolute atomic E-state index is 0.186. The second-order valence-electron chi connectivity index (χ2n) is 5.62. The average Bonchev–Trinajstić information content (AvgIpc) is 2.70. The molecule has 1 saturated heterocycles. The first-order valence-electron chi connectivity index (χ1n) is 7.67. The molecule has 0 N–H and O–H groups in total. The maximum absolute atomic E-state index is 12.5. The van der Waals surface area contributed by atoms with Gasteiger partial charge in [0.05, 0.1) is 12.2 Å². The van der Waals surface area contributed by atoms with E-state index in [1.165, 1.54) is 22.8 Å². The number of nitrogens with zero attached hydrogens (tertiary/aromatic N) is 4. The molecule has 0 unspecified atom stereocenters. The standard InChI is InChI=1S/C15H26N4OS2/c1-5-19-13(3)14(12(2)16-19)8-17(4)15(20)9-18-10-21-6-7-22-11-18/h5-11H2,1-4H3. The number of carbonyl (C=O) groups excluding carboxylic acids is 1. The zero-order valence-corrected chi connectivity index (χ0v) is 15.6. The van der Waals surface area contributed by atoms with Gasteiger partial charge in [-0.1, -0.05) is 0 Å². The van der Waals surface area contributed by atoms with Crippen molar-refractivity contribution in [3.63, 3.8) is 0 Å². The van der Waals surface area contributed by atoms with Crippen molar-refractivity contribution in [2.75, 3.05) is 36.9 Å². The van der Waals surface area contributed by atoms with Gasteiger partial charge in [-0.3, -0.25) is 14.4 Å². The molecular weight excluding hydrogens is 316 g/mol. The van der Waals surface area contributed by atoms with E-state index in [-0.39, 0.29) is 5.91 Å². The second kappa shape index (κ2) is 8.26. The van der Waals surface area contributed by atoms with Crippen molar-refractivity contribution in [1.29, 1.82) is 0 Å². The largest absolute Gasteiger partial charge is 0.340 e. The van der Waals surface area contributed by atoms with E-state index in [4.69, 9.17) is 0 Å². The van der Waals surface area contributed by atoms with Gasteiger partial charge in [0.25, 0.3) is 0 Å². The predicted molar refractivity (Wildman–Crippen MR) is 95.2 cm³/mol. The van der Waals surface area contributed by atoms with Crippen molar-refractivity contribution in [2.24, 2.45) is 0 Å². The Balaban J connectivity index is 1.94. The Morgan fingerprint density at radius 1 is 1.27 bits per heavy atom. The van der Waals surface area contributed by atoms with Gasteiger partial charge in [0.15, 0.2) is 0 Å². The van der Waals surface area contributed by atoms with Crippen LogP contribution < -0.4 is 0 Å². The molecule has 0 atom stereocenters. The third kappa shape index (κ3) is 4.43. The number of aryl methyl sites for hydroxylation is 2. The highest BCUT2D eigenvalue weighted by molar-refractivity contribution is 8.03. The minimum Gasteiger partial charge on any atom is -0.340 e. The number of carbonyl (C=O) groups is 1. The highest BCUT2D eigenvalue weighted by Gasteiger charge is 2.19. The molecule has 1 aromatic heterocycles. The summed E-state index contributed by atoms with van der Waals surface area (Å²) in [7, 11) is 1.89. The lowest BCUT2D eigenvalue weighted by Crippen LogP contribution is -2.37. The van der Waals surface area contributed by atoms with Gasteiger partial charge < -0.3 is 4.90 Å². The Morgan fingerprint density at radius 3 is 2.45 bits per heavy atom. The molecule has 0 radical (unpaired) electrons. The van der Waals surface area contributed by atoms with Gasteiger partial charge in [-0.05, 0) is 20.8 Å². The van der Waals surface area contributed by atoms with Gasteiger partial charge in [-0.25, -0.2) is 0 Å². The van der Waals surface area contributed by atoms with Crippen LogP contribution in [0.25, 0.3) is 0 Å². The average molecular weight is 343 g/mol. The number of hydrogen-bond donors (Lipinski definition) is 0. The summed E-state index contributed by atoms with van der Waals surface area (Å²) in [6.07, 6.45) is 0. The van der Waals surface area contributed by atoms with Crippen LogP contribution in [0.2, 0.25) is 0 Å². The Hall–Kier alpha value is -0.660. The number of hydrogen-bond acceptors (Lipinski definition) is 5. The van der Waals surface area contributed by atoms with E-state index < -0.39 is 0 Å². The van der Waals surface area contributed by atoms with E-state index in [9.17, 15) is 4.79 Å². The molecular formula is C15H26N4OS2. The number of aromatic nitrogens is 2. The summed E-state index contributed by atoms with van der Waals surface area (Å²) in [5.41, 5.74) is 3.37. The topological polar surface area (TPSA) is 41.4 Å².